The molecule has 0 saturated heterocycles. The zero-order valence-corrected chi connectivity index (χ0v) is 8.71. The van der Waals surface area contributed by atoms with Gasteiger partial charge in [-0.15, -0.1) is 0 Å². The molecule has 1 heterocycles. The molecule has 0 bridgehead atoms. The van der Waals surface area contributed by atoms with Crippen LogP contribution in [0.3, 0.4) is 0 Å². The first-order valence-electron chi connectivity index (χ1n) is 4.93. The van der Waals surface area contributed by atoms with Crippen molar-refractivity contribution in [1.29, 1.82) is 0 Å². The van der Waals surface area contributed by atoms with Crippen molar-refractivity contribution < 1.29 is 18.0 Å². The molecule has 0 aromatic heterocycles. The molecule has 2 rings (SSSR count). The minimum absolute atomic E-state index is 0.0106. The second-order valence-electron chi connectivity index (χ2n) is 3.73. The van der Waals surface area contributed by atoms with Crippen LogP contribution in [-0.2, 0) is 11.2 Å². The van der Waals surface area contributed by atoms with E-state index < -0.39 is 12.6 Å². The molecule has 17 heavy (non-hydrogen) atoms. The van der Waals surface area contributed by atoms with Gasteiger partial charge in [-0.05, 0) is 17.7 Å². The maximum atomic E-state index is 12.2. The predicted octanol–water partition coefficient (Wildman–Crippen LogP) is 2.16. The molecule has 90 valence electrons. The van der Waals surface area contributed by atoms with Crippen LogP contribution < -0.4 is 5.32 Å². The van der Waals surface area contributed by atoms with Gasteiger partial charge in [0, 0.05) is 17.5 Å². The van der Waals surface area contributed by atoms with Crippen molar-refractivity contribution in [2.45, 2.75) is 12.6 Å². The fourth-order valence-corrected chi connectivity index (χ4v) is 1.59. The van der Waals surface area contributed by atoms with Crippen molar-refractivity contribution in [2.75, 3.05) is 11.9 Å². The van der Waals surface area contributed by atoms with Crippen LogP contribution in [0.4, 0.5) is 18.9 Å². The molecule has 0 saturated carbocycles. The summed E-state index contributed by atoms with van der Waals surface area (Å²) < 4.78 is 36.6. The molecular formula is C11H9F3N2O. The molecule has 6 heteroatoms. The van der Waals surface area contributed by atoms with Crippen LogP contribution in [0, 0.1) is 0 Å². The molecule has 1 aliphatic heterocycles. The normalized spacial score (nSPS) is 15.1. The van der Waals surface area contributed by atoms with E-state index >= 15 is 0 Å². The average molecular weight is 242 g/mol. The largest absolute Gasteiger partial charge is 0.393 e. The van der Waals surface area contributed by atoms with Gasteiger partial charge in [-0.25, -0.2) is 0 Å². The highest BCUT2D eigenvalue weighted by molar-refractivity contribution is 6.01. The maximum Gasteiger partial charge on any atom is 0.393 e. The maximum absolute atomic E-state index is 12.2. The zero-order chi connectivity index (χ0) is 12.5. The number of carbonyl (C=O) groups excluding carboxylic acids is 1. The second kappa shape index (κ2) is 4.20. The number of anilines is 1. The molecule has 1 N–H and O–H groups in total. The lowest BCUT2D eigenvalue weighted by Gasteiger charge is -2.09. The molecule has 0 spiro atoms. The van der Waals surface area contributed by atoms with E-state index in [9.17, 15) is 18.0 Å². The Balaban J connectivity index is 2.30. The minimum Gasteiger partial charge on any atom is -0.324 e. The van der Waals surface area contributed by atoms with E-state index in [4.69, 9.17) is 0 Å². The van der Waals surface area contributed by atoms with Gasteiger partial charge in [-0.2, -0.15) is 13.2 Å². The Morgan fingerprint density at radius 2 is 2.12 bits per heavy atom. The predicted molar refractivity (Wildman–Crippen MR) is 57.3 cm³/mol. The summed E-state index contributed by atoms with van der Waals surface area (Å²) in [5, 5.41) is 2.57. The van der Waals surface area contributed by atoms with Crippen molar-refractivity contribution in [1.82, 2.24) is 0 Å². The number of hydrogen-bond acceptors (Lipinski definition) is 2. The number of benzene rings is 1. The molecule has 0 fully saturated rings. The van der Waals surface area contributed by atoms with Crippen LogP contribution in [0.15, 0.2) is 23.2 Å². The summed E-state index contributed by atoms with van der Waals surface area (Å²) >= 11 is 0. The number of halogens is 3. The van der Waals surface area contributed by atoms with E-state index in [2.05, 4.69) is 10.3 Å². The van der Waals surface area contributed by atoms with Gasteiger partial charge in [0.15, 0.2) is 0 Å². The Labute approximate surface area is 95.4 Å². The molecule has 1 aromatic carbocycles. The molecule has 3 nitrogen and oxygen atoms in total. The number of carbonyl (C=O) groups is 1. The second-order valence-corrected chi connectivity index (χ2v) is 3.73. The first-order valence-corrected chi connectivity index (χ1v) is 4.93. The van der Waals surface area contributed by atoms with Gasteiger partial charge in [0.25, 0.3) is 0 Å². The SMILES string of the molecule is O=C1CN=Cc2cc(CC(F)(F)F)ccc2N1. The van der Waals surface area contributed by atoms with Crippen molar-refractivity contribution in [3.63, 3.8) is 0 Å². The molecule has 1 amide bonds. The number of nitrogens with zero attached hydrogens (tertiary/aromatic N) is 1. The highest BCUT2D eigenvalue weighted by atomic mass is 19.4. The summed E-state index contributed by atoms with van der Waals surface area (Å²) in [6, 6.07) is 4.20. The number of amides is 1. The Bertz CT molecular complexity index is 480. The number of fused-ring (bicyclic) bond motifs is 1. The molecule has 1 aliphatic rings. The first kappa shape index (κ1) is 11.6. The number of benzodiazepines with no additional fused rings is 1. The van der Waals surface area contributed by atoms with Gasteiger partial charge in [-0.3, -0.25) is 9.79 Å². The quantitative estimate of drug-likeness (QED) is 0.805. The highest BCUT2D eigenvalue weighted by Crippen LogP contribution is 2.24. The molecule has 0 unspecified atom stereocenters. The fraction of sp³-hybridized carbons (Fsp3) is 0.273. The monoisotopic (exact) mass is 242 g/mol. The van der Waals surface area contributed by atoms with Crippen LogP contribution in [0.5, 0.6) is 0 Å². The number of rotatable bonds is 1. The van der Waals surface area contributed by atoms with Crippen LogP contribution in [-0.4, -0.2) is 24.8 Å². The fourth-order valence-electron chi connectivity index (χ4n) is 1.59. The molecular weight excluding hydrogens is 233 g/mol. The van der Waals surface area contributed by atoms with Gasteiger partial charge in [0.1, 0.15) is 6.54 Å². The summed E-state index contributed by atoms with van der Waals surface area (Å²) in [5.41, 5.74) is 1.14. The first-order chi connectivity index (χ1) is 7.94. The van der Waals surface area contributed by atoms with E-state index in [1.807, 2.05) is 0 Å². The van der Waals surface area contributed by atoms with Crippen LogP contribution in [0.1, 0.15) is 11.1 Å². The van der Waals surface area contributed by atoms with Crippen molar-refractivity contribution in [2.24, 2.45) is 4.99 Å². The van der Waals surface area contributed by atoms with E-state index in [1.165, 1.54) is 24.4 Å². The summed E-state index contributed by atoms with van der Waals surface area (Å²) in [5.74, 6) is -0.274. The van der Waals surface area contributed by atoms with E-state index in [1.54, 1.807) is 0 Å². The van der Waals surface area contributed by atoms with E-state index in [-0.39, 0.29) is 18.0 Å². The lowest BCUT2D eigenvalue weighted by molar-refractivity contribution is -0.127. The third kappa shape index (κ3) is 3.05. The molecule has 1 aromatic rings. The van der Waals surface area contributed by atoms with E-state index in [0.717, 1.165) is 0 Å². The van der Waals surface area contributed by atoms with Crippen LogP contribution in [0.25, 0.3) is 0 Å². The van der Waals surface area contributed by atoms with Gasteiger partial charge in [0.2, 0.25) is 5.91 Å². The number of aliphatic imine (C=N–C) groups is 1. The smallest absolute Gasteiger partial charge is 0.324 e. The van der Waals surface area contributed by atoms with Gasteiger partial charge in [0.05, 0.1) is 6.42 Å². The van der Waals surface area contributed by atoms with Crippen LogP contribution in [0.2, 0.25) is 0 Å². The lowest BCUT2D eigenvalue weighted by Crippen LogP contribution is -2.14. The number of nitrogens with one attached hydrogen (secondary N) is 1. The van der Waals surface area contributed by atoms with Crippen molar-refractivity contribution in [3.05, 3.63) is 29.3 Å². The van der Waals surface area contributed by atoms with Gasteiger partial charge < -0.3 is 5.32 Å². The standard InChI is InChI=1S/C11H9F3N2O/c12-11(13,14)4-7-1-2-9-8(3-7)5-15-6-10(17)16-9/h1-3,5H,4,6H2,(H,16,17). The minimum atomic E-state index is -4.24. The number of hydrogen-bond donors (Lipinski definition) is 1. The Kier molecular flexibility index (Phi) is 2.87. The Hall–Kier alpha value is -1.85. The van der Waals surface area contributed by atoms with Crippen molar-refractivity contribution in [3.8, 4) is 0 Å². The lowest BCUT2D eigenvalue weighted by atomic mass is 10.1. The molecule has 0 aliphatic carbocycles. The third-order valence-electron chi connectivity index (χ3n) is 2.26. The van der Waals surface area contributed by atoms with Crippen LogP contribution >= 0.6 is 0 Å². The van der Waals surface area contributed by atoms with E-state index in [0.29, 0.717) is 11.3 Å². The Morgan fingerprint density at radius 3 is 2.82 bits per heavy atom. The summed E-state index contributed by atoms with van der Waals surface area (Å²) in [4.78, 5) is 15.0. The zero-order valence-electron chi connectivity index (χ0n) is 8.71. The molecule has 0 atom stereocenters. The molecule has 0 radical (unpaired) electrons. The summed E-state index contributed by atoms with van der Waals surface area (Å²) in [6.07, 6.45) is -3.81. The summed E-state index contributed by atoms with van der Waals surface area (Å²) in [7, 11) is 0. The average Bonchev–Trinajstić information content (AvgIpc) is 2.36. The Morgan fingerprint density at radius 1 is 1.35 bits per heavy atom. The van der Waals surface area contributed by atoms with Crippen molar-refractivity contribution >= 4 is 17.8 Å². The van der Waals surface area contributed by atoms with Gasteiger partial charge >= 0.3 is 6.18 Å². The highest BCUT2D eigenvalue weighted by Gasteiger charge is 2.27. The topological polar surface area (TPSA) is 41.5 Å². The summed E-state index contributed by atoms with van der Waals surface area (Å²) in [6.45, 7) is -0.0106. The number of alkyl halides is 3. The third-order valence-corrected chi connectivity index (χ3v) is 2.26. The van der Waals surface area contributed by atoms with Gasteiger partial charge in [-0.1, -0.05) is 6.07 Å².